The van der Waals surface area contributed by atoms with Gasteiger partial charge in [-0.15, -0.1) is 11.6 Å². The first-order chi connectivity index (χ1) is 14.8. The Morgan fingerprint density at radius 2 is 2.00 bits per heavy atom. The molecule has 0 amide bonds. The molecule has 0 radical (unpaired) electrons. The van der Waals surface area contributed by atoms with E-state index in [1.807, 2.05) is 0 Å². The fourth-order valence-electron chi connectivity index (χ4n) is 5.89. The highest BCUT2D eigenvalue weighted by atomic mass is 35.5. The van der Waals surface area contributed by atoms with Crippen LogP contribution in [0.3, 0.4) is 0 Å². The van der Waals surface area contributed by atoms with Crippen LogP contribution in [0.4, 0.5) is 4.39 Å². The van der Waals surface area contributed by atoms with Gasteiger partial charge in [-0.05, 0) is 81.9 Å². The van der Waals surface area contributed by atoms with Crippen molar-refractivity contribution in [3.05, 3.63) is 29.1 Å². The van der Waals surface area contributed by atoms with Crippen LogP contribution in [-0.4, -0.2) is 42.8 Å². The minimum absolute atomic E-state index is 0.0113. The highest BCUT2D eigenvalue weighted by Gasteiger charge is 2.68. The second kappa shape index (κ2) is 7.88. The standard InChI is InChI=1S/C24H33BClFO5/c1-22(2,3)30-21(28)16-12-15(27)8-13(20(16)29-7)9-19(26)25-31-18-11-14-10-17(23(14,4)5)24(18,6)32-25/h8,12,14,17-19H,9-11H2,1-7H3/t14?,17?,18?,19-,24+/m1/s1. The number of halogens is 2. The molecule has 176 valence electrons. The molecule has 3 aliphatic carbocycles. The van der Waals surface area contributed by atoms with Crippen LogP contribution >= 0.6 is 11.6 Å². The number of hydrogen-bond acceptors (Lipinski definition) is 5. The molecular formula is C24H33BClFO5. The zero-order chi connectivity index (χ0) is 23.6. The first-order valence-electron chi connectivity index (χ1n) is 11.3. The van der Waals surface area contributed by atoms with E-state index in [1.165, 1.54) is 13.2 Å². The third kappa shape index (κ3) is 3.94. The lowest BCUT2D eigenvalue weighted by Crippen LogP contribution is -2.65. The number of carbonyl (C=O) groups excluding carboxylic acids is 1. The van der Waals surface area contributed by atoms with Crippen molar-refractivity contribution in [3.8, 4) is 5.75 Å². The third-order valence-electron chi connectivity index (χ3n) is 7.63. The van der Waals surface area contributed by atoms with E-state index in [9.17, 15) is 9.18 Å². The molecule has 0 spiro atoms. The molecule has 2 bridgehead atoms. The van der Waals surface area contributed by atoms with Gasteiger partial charge in [0.2, 0.25) is 0 Å². The third-order valence-corrected chi connectivity index (χ3v) is 7.99. The quantitative estimate of drug-likeness (QED) is 0.339. The van der Waals surface area contributed by atoms with Crippen molar-refractivity contribution in [1.29, 1.82) is 0 Å². The molecule has 0 aromatic heterocycles. The zero-order valence-electron chi connectivity index (χ0n) is 20.0. The number of ether oxygens (including phenoxy) is 2. The van der Waals surface area contributed by atoms with E-state index in [4.69, 9.17) is 30.4 Å². The summed E-state index contributed by atoms with van der Waals surface area (Å²) >= 11 is 6.76. The lowest BCUT2D eigenvalue weighted by molar-refractivity contribution is -0.199. The maximum absolute atomic E-state index is 14.4. The monoisotopic (exact) mass is 466 g/mol. The van der Waals surface area contributed by atoms with E-state index >= 15 is 0 Å². The summed E-state index contributed by atoms with van der Waals surface area (Å²) in [5.74, 6) is 0.130. The van der Waals surface area contributed by atoms with E-state index in [2.05, 4.69) is 20.8 Å². The Bertz CT molecular complexity index is 916. The maximum Gasteiger partial charge on any atom is 0.477 e. The van der Waals surface area contributed by atoms with Crippen LogP contribution in [0.5, 0.6) is 5.75 Å². The lowest BCUT2D eigenvalue weighted by atomic mass is 9.43. The molecule has 1 aromatic carbocycles. The summed E-state index contributed by atoms with van der Waals surface area (Å²) in [5.41, 5.74) is -0.332. The van der Waals surface area contributed by atoms with Crippen LogP contribution in [0.15, 0.2) is 12.1 Å². The minimum Gasteiger partial charge on any atom is -0.496 e. The number of rotatable bonds is 5. The Morgan fingerprint density at radius 3 is 2.59 bits per heavy atom. The van der Waals surface area contributed by atoms with Gasteiger partial charge in [0.25, 0.3) is 0 Å². The van der Waals surface area contributed by atoms with Crippen molar-refractivity contribution in [2.45, 2.75) is 83.4 Å². The van der Waals surface area contributed by atoms with Crippen molar-refractivity contribution < 1.29 is 28.0 Å². The van der Waals surface area contributed by atoms with Crippen LogP contribution in [0.1, 0.15) is 70.3 Å². The Morgan fingerprint density at radius 1 is 1.31 bits per heavy atom. The minimum atomic E-state index is -0.713. The van der Waals surface area contributed by atoms with E-state index in [-0.39, 0.29) is 34.9 Å². The van der Waals surface area contributed by atoms with E-state index in [1.54, 1.807) is 20.8 Å². The summed E-state index contributed by atoms with van der Waals surface area (Å²) in [7, 11) is 0.834. The van der Waals surface area contributed by atoms with Gasteiger partial charge in [-0.1, -0.05) is 13.8 Å². The topological polar surface area (TPSA) is 54.0 Å². The lowest BCUT2D eigenvalue weighted by Gasteiger charge is -2.64. The van der Waals surface area contributed by atoms with Gasteiger partial charge >= 0.3 is 13.1 Å². The average Bonchev–Trinajstić information content (AvgIpc) is 3.03. The molecule has 3 unspecified atom stereocenters. The molecule has 4 aliphatic rings. The Kier molecular flexibility index (Phi) is 5.87. The number of methoxy groups -OCH3 is 1. The summed E-state index contributed by atoms with van der Waals surface area (Å²) in [6, 6.07) is 2.47. The molecule has 5 atom stereocenters. The Balaban J connectivity index is 1.54. The predicted octanol–water partition coefficient (Wildman–Crippen LogP) is 5.21. The molecule has 0 N–H and O–H groups in total. The summed E-state index contributed by atoms with van der Waals surface area (Å²) in [6.07, 6.45) is 2.35. The van der Waals surface area contributed by atoms with Gasteiger partial charge in [0.15, 0.2) is 0 Å². The molecule has 32 heavy (non-hydrogen) atoms. The van der Waals surface area contributed by atoms with Crippen molar-refractivity contribution in [3.63, 3.8) is 0 Å². The van der Waals surface area contributed by atoms with Gasteiger partial charge in [-0.25, -0.2) is 9.18 Å². The Hall–Kier alpha value is -1.31. The van der Waals surface area contributed by atoms with Gasteiger partial charge in [-0.2, -0.15) is 0 Å². The smallest absolute Gasteiger partial charge is 0.477 e. The fourth-order valence-corrected chi connectivity index (χ4v) is 6.16. The average molecular weight is 467 g/mol. The number of esters is 1. The second-order valence-electron chi connectivity index (χ2n) is 11.2. The summed E-state index contributed by atoms with van der Waals surface area (Å²) in [4.78, 5) is 12.6. The fraction of sp³-hybridized carbons (Fsp3) is 0.708. The molecule has 8 heteroatoms. The zero-order valence-corrected chi connectivity index (χ0v) is 20.7. The molecule has 5 nitrogen and oxygen atoms in total. The van der Waals surface area contributed by atoms with Crippen molar-refractivity contribution in [2.24, 2.45) is 17.3 Å². The van der Waals surface area contributed by atoms with Crippen LogP contribution in [0, 0.1) is 23.1 Å². The van der Waals surface area contributed by atoms with Crippen molar-refractivity contribution in [1.82, 2.24) is 0 Å². The predicted molar refractivity (Wildman–Crippen MR) is 122 cm³/mol. The van der Waals surface area contributed by atoms with Gasteiger partial charge in [0.05, 0.1) is 24.1 Å². The maximum atomic E-state index is 14.4. The van der Waals surface area contributed by atoms with Crippen LogP contribution in [-0.2, 0) is 20.5 Å². The summed E-state index contributed by atoms with van der Waals surface area (Å²) < 4.78 is 38.1. The van der Waals surface area contributed by atoms with Crippen molar-refractivity contribution in [2.75, 3.05) is 7.11 Å². The van der Waals surface area contributed by atoms with E-state index < -0.39 is 29.8 Å². The molecule has 3 saturated carbocycles. The number of hydrogen-bond donors (Lipinski definition) is 0. The molecule has 5 rings (SSSR count). The molecule has 1 saturated heterocycles. The summed E-state index contributed by atoms with van der Waals surface area (Å²) in [6.45, 7) is 12.0. The van der Waals surface area contributed by atoms with Crippen molar-refractivity contribution >= 4 is 24.7 Å². The molecule has 1 aliphatic heterocycles. The van der Waals surface area contributed by atoms with Crippen LogP contribution in [0.2, 0.25) is 0 Å². The van der Waals surface area contributed by atoms with Crippen LogP contribution in [0.25, 0.3) is 0 Å². The molecule has 4 fully saturated rings. The summed E-state index contributed by atoms with van der Waals surface area (Å²) in [5, 5.41) is -0.570. The van der Waals surface area contributed by atoms with Crippen LogP contribution < -0.4 is 4.74 Å². The van der Waals surface area contributed by atoms with Gasteiger partial charge in [0.1, 0.15) is 22.7 Å². The number of benzene rings is 1. The molecular weight excluding hydrogens is 434 g/mol. The number of alkyl halides is 1. The van der Waals surface area contributed by atoms with E-state index in [0.29, 0.717) is 17.4 Å². The first kappa shape index (κ1) is 23.8. The van der Waals surface area contributed by atoms with E-state index in [0.717, 1.165) is 18.9 Å². The van der Waals surface area contributed by atoms with Gasteiger partial charge in [-0.3, -0.25) is 0 Å². The highest BCUT2D eigenvalue weighted by Crippen LogP contribution is 2.65. The molecule has 1 aromatic rings. The van der Waals surface area contributed by atoms with Gasteiger partial charge in [0, 0.05) is 0 Å². The first-order valence-corrected chi connectivity index (χ1v) is 11.8. The SMILES string of the molecule is COc1c(C[C@@H](Cl)B2OC3CC4CC(C4(C)C)[C@]3(C)O2)cc(F)cc1C(=O)OC(C)(C)C. The number of carbonyl (C=O) groups is 1. The molecule has 1 heterocycles. The normalized spacial score (nSPS) is 31.5. The van der Waals surface area contributed by atoms with Gasteiger partial charge < -0.3 is 18.8 Å². The highest BCUT2D eigenvalue weighted by molar-refractivity contribution is 6.60. The second-order valence-corrected chi connectivity index (χ2v) is 11.8. The largest absolute Gasteiger partial charge is 0.496 e. The Labute approximate surface area is 195 Å².